The summed E-state index contributed by atoms with van der Waals surface area (Å²) in [5.41, 5.74) is 0.555. The molecule has 0 unspecified atom stereocenters. The Labute approximate surface area is 236 Å². The first kappa shape index (κ1) is 26.8. The number of aromatic nitrogens is 4. The van der Waals surface area contributed by atoms with Gasteiger partial charge in [0.25, 0.3) is 5.91 Å². The topological polar surface area (TPSA) is 119 Å². The minimum absolute atomic E-state index is 0.0158. The molecular weight excluding hydrogens is 532 g/mol. The average molecular weight is 565 g/mol. The van der Waals surface area contributed by atoms with Gasteiger partial charge in [0, 0.05) is 48.3 Å². The fraction of sp³-hybridized carbons (Fsp3) is 0.370. The fourth-order valence-corrected chi connectivity index (χ4v) is 6.15. The van der Waals surface area contributed by atoms with E-state index in [1.807, 2.05) is 4.90 Å². The molecule has 0 radical (unpaired) electrons. The van der Waals surface area contributed by atoms with Gasteiger partial charge in [-0.15, -0.1) is 11.3 Å². The molecule has 5 rings (SSSR count). The summed E-state index contributed by atoms with van der Waals surface area (Å²) in [6.45, 7) is 10.9. The van der Waals surface area contributed by atoms with Gasteiger partial charge in [0.15, 0.2) is 17.4 Å². The number of para-hydroxylation sites is 1. The van der Waals surface area contributed by atoms with Gasteiger partial charge >= 0.3 is 0 Å². The van der Waals surface area contributed by atoms with Crippen LogP contribution in [0.15, 0.2) is 48.8 Å². The van der Waals surface area contributed by atoms with Crippen molar-refractivity contribution in [1.29, 1.82) is 0 Å². The van der Waals surface area contributed by atoms with Crippen LogP contribution >= 0.6 is 23.1 Å². The summed E-state index contributed by atoms with van der Waals surface area (Å²) in [4.78, 5) is 28.2. The SMILES string of the molecule is Cc1ccc([C@H](Nc2nsnc2Nc2cccc(C(=O)N3CCN(c4ncccn4)CC3)c2O)C(C)(C)C)s1. The molecule has 4 aromatic rings. The van der Waals surface area contributed by atoms with Crippen molar-refractivity contribution in [2.24, 2.45) is 5.41 Å². The molecule has 1 saturated heterocycles. The first-order valence-electron chi connectivity index (χ1n) is 12.8. The van der Waals surface area contributed by atoms with Gasteiger partial charge in [-0.2, -0.15) is 8.75 Å². The molecule has 12 heteroatoms. The Morgan fingerprint density at radius 3 is 2.38 bits per heavy atom. The molecule has 1 fully saturated rings. The summed E-state index contributed by atoms with van der Waals surface area (Å²) in [5.74, 6) is 1.42. The number of anilines is 4. The van der Waals surface area contributed by atoms with Crippen molar-refractivity contribution in [3.05, 3.63) is 64.1 Å². The predicted molar refractivity (Wildman–Crippen MR) is 156 cm³/mol. The van der Waals surface area contributed by atoms with E-state index in [0.717, 1.165) is 11.7 Å². The Bertz CT molecular complexity index is 1430. The zero-order valence-electron chi connectivity index (χ0n) is 22.4. The Balaban J connectivity index is 1.30. The number of amides is 1. The predicted octanol–water partition coefficient (Wildman–Crippen LogP) is 5.31. The number of hydrogen-bond acceptors (Lipinski definition) is 11. The average Bonchev–Trinajstić information content (AvgIpc) is 3.56. The number of piperazine rings is 1. The van der Waals surface area contributed by atoms with E-state index in [4.69, 9.17) is 0 Å². The van der Waals surface area contributed by atoms with Crippen LogP contribution in [-0.4, -0.2) is 60.8 Å². The lowest BCUT2D eigenvalue weighted by molar-refractivity contribution is 0.0743. The highest BCUT2D eigenvalue weighted by Crippen LogP contribution is 2.41. The summed E-state index contributed by atoms with van der Waals surface area (Å²) in [6.07, 6.45) is 3.42. The molecule has 3 N–H and O–H groups in total. The molecule has 4 heterocycles. The molecule has 1 atom stereocenters. The molecule has 204 valence electrons. The van der Waals surface area contributed by atoms with Gasteiger partial charge < -0.3 is 25.5 Å². The molecular formula is C27H32N8O2S2. The number of hydrogen-bond donors (Lipinski definition) is 3. The van der Waals surface area contributed by atoms with Crippen molar-refractivity contribution < 1.29 is 9.90 Å². The molecule has 39 heavy (non-hydrogen) atoms. The van der Waals surface area contributed by atoms with E-state index < -0.39 is 0 Å². The van der Waals surface area contributed by atoms with Crippen LogP contribution < -0.4 is 15.5 Å². The number of nitrogens with one attached hydrogen (secondary N) is 2. The maximum atomic E-state index is 13.4. The summed E-state index contributed by atoms with van der Waals surface area (Å²) < 4.78 is 8.91. The highest BCUT2D eigenvalue weighted by molar-refractivity contribution is 7.12. The number of aromatic hydroxyl groups is 1. The molecule has 1 amide bonds. The summed E-state index contributed by atoms with van der Waals surface area (Å²) in [6, 6.07) is 11.2. The maximum Gasteiger partial charge on any atom is 0.257 e. The van der Waals surface area contributed by atoms with Gasteiger partial charge in [0.2, 0.25) is 5.95 Å². The monoisotopic (exact) mass is 564 g/mol. The van der Waals surface area contributed by atoms with Crippen LogP contribution in [0.4, 0.5) is 23.3 Å². The third-order valence-electron chi connectivity index (χ3n) is 6.60. The van der Waals surface area contributed by atoms with Crippen molar-refractivity contribution >= 4 is 52.2 Å². The number of carbonyl (C=O) groups excluding carboxylic acids is 1. The fourth-order valence-electron chi connectivity index (χ4n) is 4.50. The zero-order chi connectivity index (χ0) is 27.6. The van der Waals surface area contributed by atoms with Crippen molar-refractivity contribution in [3.8, 4) is 5.75 Å². The highest BCUT2D eigenvalue weighted by Gasteiger charge is 2.30. The van der Waals surface area contributed by atoms with E-state index in [-0.39, 0.29) is 28.7 Å². The minimum atomic E-state index is -0.222. The van der Waals surface area contributed by atoms with Gasteiger partial charge in [-0.05, 0) is 42.7 Å². The number of carbonyl (C=O) groups is 1. The minimum Gasteiger partial charge on any atom is -0.505 e. The Morgan fingerprint density at radius 2 is 1.72 bits per heavy atom. The summed E-state index contributed by atoms with van der Waals surface area (Å²) >= 11 is 2.84. The quantitative estimate of drug-likeness (QED) is 0.257. The zero-order valence-corrected chi connectivity index (χ0v) is 24.0. The van der Waals surface area contributed by atoms with Gasteiger partial charge in [-0.1, -0.05) is 26.8 Å². The maximum absolute atomic E-state index is 13.4. The molecule has 3 aromatic heterocycles. The highest BCUT2D eigenvalue weighted by atomic mass is 32.1. The third kappa shape index (κ3) is 5.96. The van der Waals surface area contributed by atoms with Crippen molar-refractivity contribution in [2.75, 3.05) is 41.7 Å². The third-order valence-corrected chi connectivity index (χ3v) is 8.20. The molecule has 1 aliphatic rings. The molecule has 0 aliphatic carbocycles. The smallest absolute Gasteiger partial charge is 0.257 e. The van der Waals surface area contributed by atoms with Gasteiger partial charge in [0.05, 0.1) is 29.0 Å². The second-order valence-electron chi connectivity index (χ2n) is 10.5. The molecule has 0 saturated carbocycles. The Morgan fingerprint density at radius 1 is 1.00 bits per heavy atom. The largest absolute Gasteiger partial charge is 0.505 e. The number of thiophene rings is 1. The molecule has 1 aromatic carbocycles. The summed E-state index contributed by atoms with van der Waals surface area (Å²) in [5, 5.41) is 17.8. The normalized spacial score (nSPS) is 14.8. The number of aryl methyl sites for hydroxylation is 1. The number of phenolic OH excluding ortho intramolecular Hbond substituents is 1. The first-order chi connectivity index (χ1) is 18.7. The van der Waals surface area contributed by atoms with Crippen molar-refractivity contribution in [1.82, 2.24) is 23.6 Å². The number of rotatable bonds is 7. The van der Waals surface area contributed by atoms with Gasteiger partial charge in [-0.3, -0.25) is 4.79 Å². The van der Waals surface area contributed by atoms with E-state index in [0.29, 0.717) is 49.5 Å². The lowest BCUT2D eigenvalue weighted by atomic mass is 9.86. The lowest BCUT2D eigenvalue weighted by Gasteiger charge is -2.34. The van der Waals surface area contributed by atoms with Gasteiger partial charge in [0.1, 0.15) is 0 Å². The van der Waals surface area contributed by atoms with E-state index in [2.05, 4.69) is 69.2 Å². The van der Waals surface area contributed by atoms with E-state index in [1.165, 1.54) is 9.75 Å². The number of nitrogens with zero attached hydrogens (tertiary/aromatic N) is 6. The molecule has 0 spiro atoms. The van der Waals surface area contributed by atoms with Crippen LogP contribution in [-0.2, 0) is 0 Å². The number of phenols is 1. The molecule has 1 aliphatic heterocycles. The van der Waals surface area contributed by atoms with E-state index in [1.54, 1.807) is 52.9 Å². The van der Waals surface area contributed by atoms with Crippen molar-refractivity contribution in [3.63, 3.8) is 0 Å². The Hall–Kier alpha value is -3.77. The standard InChI is InChI=1S/C27H32N8O2S2/c1-17-9-10-20(38-17)22(27(2,3)4)31-24-23(32-39-33-24)30-19-8-5-7-18(21(19)36)25(37)34-13-15-35(16-14-34)26-28-11-6-12-29-26/h5-12,22,36H,13-16H2,1-4H3,(H,30,32)(H,31,33)/t22-/m0/s1. The number of benzene rings is 1. The van der Waals surface area contributed by atoms with Crippen LogP contribution in [0.1, 0.15) is 46.9 Å². The summed E-state index contributed by atoms with van der Waals surface area (Å²) in [7, 11) is 0. The van der Waals surface area contributed by atoms with Gasteiger partial charge in [-0.25, -0.2) is 9.97 Å². The van der Waals surface area contributed by atoms with Crippen LogP contribution in [0.3, 0.4) is 0 Å². The van der Waals surface area contributed by atoms with Crippen LogP contribution in [0.2, 0.25) is 0 Å². The van der Waals surface area contributed by atoms with Crippen molar-refractivity contribution in [2.45, 2.75) is 33.7 Å². The van der Waals surface area contributed by atoms with Crippen LogP contribution in [0, 0.1) is 12.3 Å². The van der Waals surface area contributed by atoms with E-state index >= 15 is 0 Å². The molecule has 10 nitrogen and oxygen atoms in total. The second kappa shape index (κ2) is 11.1. The molecule has 0 bridgehead atoms. The first-order valence-corrected chi connectivity index (χ1v) is 14.3. The lowest BCUT2D eigenvalue weighted by Crippen LogP contribution is -2.49. The van der Waals surface area contributed by atoms with E-state index in [9.17, 15) is 9.90 Å². The van der Waals surface area contributed by atoms with Crippen LogP contribution in [0.25, 0.3) is 0 Å². The second-order valence-corrected chi connectivity index (χ2v) is 12.4. The Kier molecular flexibility index (Phi) is 7.67. The van der Waals surface area contributed by atoms with Crippen LogP contribution in [0.5, 0.6) is 5.75 Å².